The molecule has 0 aliphatic heterocycles. The monoisotopic (exact) mass is 872 g/mol. The molecule has 0 radical (unpaired) electrons. The number of likely N-dealkylation sites (N-methyl/N-ethyl adjacent to an activating group) is 2. The minimum Gasteiger partial charge on any atom is -0.497 e. The first-order valence-electron chi connectivity index (χ1n) is 21.6. The molecule has 0 amide bonds. The molecule has 4 heterocycles. The maximum Gasteiger partial charge on any atom is 0.335 e. The summed E-state index contributed by atoms with van der Waals surface area (Å²) in [4.78, 5) is 37.0. The summed E-state index contributed by atoms with van der Waals surface area (Å²) < 4.78 is 14.8. The first-order chi connectivity index (χ1) is 31.6. The number of carbonyl (C=O) groups is 2. The number of carboxylic acids is 1. The number of pyridine rings is 2. The topological polar surface area (TPSA) is 135 Å². The van der Waals surface area contributed by atoms with Gasteiger partial charge in [0.1, 0.15) is 18.1 Å². The Balaban J connectivity index is 0.000000194. The maximum absolute atomic E-state index is 12.1. The van der Waals surface area contributed by atoms with Crippen molar-refractivity contribution in [2.24, 2.45) is 0 Å². The molecule has 0 bridgehead atoms. The van der Waals surface area contributed by atoms with Gasteiger partial charge in [0.25, 0.3) is 0 Å². The Hall–Kier alpha value is -7.12. The number of carbonyl (C=O) groups excluding carboxylic acids is 1. The fraction of sp³-hybridized carbons (Fsp3) is 0.245. The summed E-state index contributed by atoms with van der Waals surface area (Å²) in [5.41, 5.74) is 9.52. The molecule has 0 fully saturated rings. The SMILES string of the molecule is COc1ccc(Cn2cc(CN(C)CCc3ccccn3)c3ccc(C(=O)CO)cc32)cc1.COc1ccc(Cn2cc(CN(C)CCc3ccccn3)c3ccc(C(=O)O)cc32)cc1. The minimum atomic E-state index is -0.918. The molecule has 8 rings (SSSR count). The molecule has 0 saturated carbocycles. The third-order valence-electron chi connectivity index (χ3n) is 11.5. The van der Waals surface area contributed by atoms with Crippen LogP contribution in [-0.2, 0) is 39.0 Å². The highest BCUT2D eigenvalue weighted by atomic mass is 16.5. The van der Waals surface area contributed by atoms with E-state index in [2.05, 4.69) is 55.4 Å². The Morgan fingerprint density at radius 2 is 1.05 bits per heavy atom. The standard InChI is InChI=1S/C27H29N3O3.C26H27N3O3/c1-29(14-12-23-5-3-4-13-28-23)17-22-18-30(16-20-6-9-24(33-2)10-7-20)26-15-21(27(32)19-31)8-11-25(22)26;1-28(14-12-22-5-3-4-13-27-22)17-21-18-29(16-19-6-9-23(32-2)10-7-19)25-15-20(26(30)31)8-11-24(21)25/h3-11,13,15,18,31H,12,14,16-17,19H2,1-2H3;3-11,13,15,18H,12,14,16-17H2,1-2H3,(H,30,31). The van der Waals surface area contributed by atoms with Crippen molar-refractivity contribution in [3.63, 3.8) is 0 Å². The summed E-state index contributed by atoms with van der Waals surface area (Å²) in [5.74, 6) is 0.443. The van der Waals surface area contributed by atoms with Crippen LogP contribution < -0.4 is 9.47 Å². The first-order valence-corrected chi connectivity index (χ1v) is 21.6. The third-order valence-corrected chi connectivity index (χ3v) is 11.5. The van der Waals surface area contributed by atoms with Crippen molar-refractivity contribution in [3.8, 4) is 11.5 Å². The molecular weight excluding hydrogens is 817 g/mol. The number of aromatic nitrogens is 4. The maximum atomic E-state index is 12.1. The van der Waals surface area contributed by atoms with E-state index in [1.165, 1.54) is 11.1 Å². The van der Waals surface area contributed by atoms with Crippen molar-refractivity contribution in [3.05, 3.63) is 191 Å². The normalized spacial score (nSPS) is 11.2. The van der Waals surface area contributed by atoms with E-state index in [-0.39, 0.29) is 5.78 Å². The zero-order valence-electron chi connectivity index (χ0n) is 37.4. The van der Waals surface area contributed by atoms with Crippen molar-refractivity contribution in [1.29, 1.82) is 0 Å². The van der Waals surface area contributed by atoms with E-state index in [0.717, 1.165) is 94.8 Å². The van der Waals surface area contributed by atoms with E-state index in [9.17, 15) is 19.8 Å². The van der Waals surface area contributed by atoms with Crippen LogP contribution in [0, 0.1) is 0 Å². The number of methoxy groups -OCH3 is 2. The van der Waals surface area contributed by atoms with E-state index >= 15 is 0 Å². The third kappa shape index (κ3) is 12.1. The molecule has 8 aromatic rings. The number of fused-ring (bicyclic) bond motifs is 2. The van der Waals surface area contributed by atoms with Crippen molar-refractivity contribution >= 4 is 33.6 Å². The van der Waals surface area contributed by atoms with Gasteiger partial charge < -0.3 is 38.6 Å². The van der Waals surface area contributed by atoms with Crippen LogP contribution in [0.3, 0.4) is 0 Å². The fourth-order valence-electron chi connectivity index (χ4n) is 7.95. The molecule has 2 N–H and O–H groups in total. The van der Waals surface area contributed by atoms with Gasteiger partial charge in [-0.15, -0.1) is 0 Å². The van der Waals surface area contributed by atoms with Gasteiger partial charge in [-0.3, -0.25) is 14.8 Å². The zero-order valence-corrected chi connectivity index (χ0v) is 37.4. The van der Waals surface area contributed by atoms with Crippen LogP contribution in [0.4, 0.5) is 0 Å². The van der Waals surface area contributed by atoms with Crippen LogP contribution >= 0.6 is 0 Å². The quantitative estimate of drug-likeness (QED) is 0.0763. The van der Waals surface area contributed by atoms with Gasteiger partial charge in [-0.1, -0.05) is 54.6 Å². The number of ether oxygens (including phenoxy) is 2. The number of ketones is 1. The Morgan fingerprint density at radius 1 is 0.600 bits per heavy atom. The Kier molecular flexibility index (Phi) is 15.5. The van der Waals surface area contributed by atoms with Crippen molar-refractivity contribution in [2.75, 3.05) is 48.0 Å². The van der Waals surface area contributed by atoms with Gasteiger partial charge >= 0.3 is 5.97 Å². The van der Waals surface area contributed by atoms with Gasteiger partial charge in [0, 0.05) is 116 Å². The molecule has 4 aromatic carbocycles. The lowest BCUT2D eigenvalue weighted by molar-refractivity contribution is 0.0696. The van der Waals surface area contributed by atoms with E-state index in [0.29, 0.717) is 24.2 Å². The van der Waals surface area contributed by atoms with Gasteiger partial charge in [0.05, 0.1) is 19.8 Å². The van der Waals surface area contributed by atoms with Crippen LogP contribution in [0.5, 0.6) is 11.5 Å². The number of hydrogen-bond donors (Lipinski definition) is 2. The van der Waals surface area contributed by atoms with Crippen LogP contribution in [0.1, 0.15) is 54.4 Å². The smallest absolute Gasteiger partial charge is 0.335 e. The predicted octanol–water partition coefficient (Wildman–Crippen LogP) is 8.41. The molecule has 0 unspecified atom stereocenters. The van der Waals surface area contributed by atoms with E-state index in [1.54, 1.807) is 32.4 Å². The summed E-state index contributed by atoms with van der Waals surface area (Å²) in [6, 6.07) is 39.0. The van der Waals surface area contributed by atoms with Crippen molar-refractivity contribution in [1.82, 2.24) is 28.9 Å². The summed E-state index contributed by atoms with van der Waals surface area (Å²) in [6.07, 6.45) is 9.72. The minimum absolute atomic E-state index is 0.275. The number of benzene rings is 4. The van der Waals surface area contributed by atoms with Gasteiger partial charge in [-0.05, 0) is 103 Å². The molecule has 12 nitrogen and oxygen atoms in total. The fourth-order valence-corrected chi connectivity index (χ4v) is 7.95. The molecule has 0 spiro atoms. The summed E-state index contributed by atoms with van der Waals surface area (Å²) in [6.45, 7) is 4.17. The molecule has 0 aliphatic carbocycles. The number of nitrogens with zero attached hydrogens (tertiary/aromatic N) is 6. The molecule has 0 saturated heterocycles. The van der Waals surface area contributed by atoms with Crippen LogP contribution in [-0.4, -0.2) is 98.9 Å². The average molecular weight is 873 g/mol. The highest BCUT2D eigenvalue weighted by molar-refractivity contribution is 6.00. The van der Waals surface area contributed by atoms with Crippen LogP contribution in [0.25, 0.3) is 21.8 Å². The van der Waals surface area contributed by atoms with E-state index in [4.69, 9.17) is 9.47 Å². The van der Waals surface area contributed by atoms with Crippen molar-refractivity contribution in [2.45, 2.75) is 39.0 Å². The number of carboxylic acid groups (broad SMARTS) is 1. The molecule has 0 atom stereocenters. The summed E-state index contributed by atoms with van der Waals surface area (Å²) in [7, 11) is 7.52. The second-order valence-electron chi connectivity index (χ2n) is 16.2. The van der Waals surface area contributed by atoms with E-state index < -0.39 is 12.6 Å². The van der Waals surface area contributed by atoms with Gasteiger partial charge in [0.2, 0.25) is 0 Å². The van der Waals surface area contributed by atoms with Gasteiger partial charge in [-0.2, -0.15) is 0 Å². The number of hydrogen-bond acceptors (Lipinski definition) is 9. The lowest BCUT2D eigenvalue weighted by Gasteiger charge is -2.16. The molecule has 4 aromatic heterocycles. The zero-order chi connectivity index (χ0) is 45.7. The Morgan fingerprint density at radius 3 is 1.45 bits per heavy atom. The first kappa shape index (κ1) is 45.9. The Labute approximate surface area is 379 Å². The predicted molar refractivity (Wildman–Crippen MR) is 255 cm³/mol. The number of aliphatic hydroxyl groups excluding tert-OH is 1. The van der Waals surface area contributed by atoms with E-state index in [1.807, 2.05) is 116 Å². The molecule has 0 aliphatic rings. The van der Waals surface area contributed by atoms with Gasteiger partial charge in [0.15, 0.2) is 5.78 Å². The van der Waals surface area contributed by atoms with Crippen LogP contribution in [0.2, 0.25) is 0 Å². The molecular formula is C53H56N6O6. The van der Waals surface area contributed by atoms with Crippen LogP contribution in [0.15, 0.2) is 146 Å². The molecule has 12 heteroatoms. The number of Topliss-reactive ketones (excluding diaryl/α,β-unsaturated/α-hetero) is 1. The molecule has 334 valence electrons. The second-order valence-corrected chi connectivity index (χ2v) is 16.2. The lowest BCUT2D eigenvalue weighted by Crippen LogP contribution is -2.21. The molecule has 65 heavy (non-hydrogen) atoms. The van der Waals surface area contributed by atoms with Gasteiger partial charge in [-0.25, -0.2) is 4.79 Å². The Bertz CT molecular complexity index is 2810. The summed E-state index contributed by atoms with van der Waals surface area (Å²) in [5, 5.41) is 21.0. The van der Waals surface area contributed by atoms with Crippen molar-refractivity contribution < 1.29 is 29.3 Å². The number of aliphatic hydroxyl groups is 1. The largest absolute Gasteiger partial charge is 0.497 e. The highest BCUT2D eigenvalue weighted by Gasteiger charge is 2.16. The highest BCUT2D eigenvalue weighted by Crippen LogP contribution is 2.28. The summed E-state index contributed by atoms with van der Waals surface area (Å²) >= 11 is 0. The second kappa shape index (κ2) is 22.0. The average Bonchev–Trinajstić information content (AvgIpc) is 3.86. The number of aromatic carboxylic acids is 1. The number of rotatable bonds is 19. The lowest BCUT2D eigenvalue weighted by atomic mass is 10.1.